The van der Waals surface area contributed by atoms with Crippen molar-refractivity contribution in [1.29, 1.82) is 0 Å². The number of allylic oxidation sites excluding steroid dienone is 8. The number of rotatable bonds is 47. The molecule has 0 radical (unpaired) electrons. The molecule has 0 rings (SSSR count). The molecule has 61 heavy (non-hydrogen) atoms. The zero-order chi connectivity index (χ0) is 44.4. The van der Waals surface area contributed by atoms with Crippen LogP contribution >= 0.6 is 0 Å². The molecule has 0 aromatic carbocycles. The van der Waals surface area contributed by atoms with E-state index in [0.717, 1.165) is 89.9 Å². The van der Waals surface area contributed by atoms with Crippen LogP contribution in [0.2, 0.25) is 0 Å². The number of ether oxygens (including phenoxy) is 3. The molecule has 0 aliphatic heterocycles. The predicted molar refractivity (Wildman–Crippen MR) is 261 cm³/mol. The van der Waals surface area contributed by atoms with Crippen LogP contribution in [0.3, 0.4) is 0 Å². The van der Waals surface area contributed by atoms with E-state index >= 15 is 0 Å². The van der Waals surface area contributed by atoms with Crippen molar-refractivity contribution in [2.24, 2.45) is 0 Å². The van der Waals surface area contributed by atoms with E-state index in [1.807, 2.05) is 0 Å². The van der Waals surface area contributed by atoms with Gasteiger partial charge in [0.05, 0.1) is 0 Å². The Bertz CT molecular complexity index is 1070. The van der Waals surface area contributed by atoms with Gasteiger partial charge in [-0.1, -0.05) is 198 Å². The molecule has 6 heteroatoms. The molecular weight excluding hydrogens is 757 g/mol. The molecule has 0 aromatic rings. The lowest BCUT2D eigenvalue weighted by molar-refractivity contribution is -0.167. The van der Waals surface area contributed by atoms with Gasteiger partial charge in [-0.15, -0.1) is 0 Å². The summed E-state index contributed by atoms with van der Waals surface area (Å²) >= 11 is 0. The third-order valence-corrected chi connectivity index (χ3v) is 11.3. The van der Waals surface area contributed by atoms with E-state index in [1.165, 1.54) is 135 Å². The zero-order valence-corrected chi connectivity index (χ0v) is 40.4. The highest BCUT2D eigenvalue weighted by Gasteiger charge is 2.19. The minimum atomic E-state index is -0.782. The second-order valence-electron chi connectivity index (χ2n) is 17.4. The minimum Gasteiger partial charge on any atom is -0.462 e. The van der Waals surface area contributed by atoms with Gasteiger partial charge >= 0.3 is 17.9 Å². The Balaban J connectivity index is 4.36. The topological polar surface area (TPSA) is 78.9 Å². The van der Waals surface area contributed by atoms with Gasteiger partial charge in [0, 0.05) is 19.3 Å². The van der Waals surface area contributed by atoms with Crippen LogP contribution in [0, 0.1) is 0 Å². The summed E-state index contributed by atoms with van der Waals surface area (Å²) in [5, 5.41) is 0. The molecule has 0 bridgehead atoms. The van der Waals surface area contributed by atoms with Crippen LogP contribution in [-0.2, 0) is 28.6 Å². The molecule has 0 heterocycles. The van der Waals surface area contributed by atoms with Crippen molar-refractivity contribution >= 4 is 17.9 Å². The first-order valence-corrected chi connectivity index (χ1v) is 26.1. The second kappa shape index (κ2) is 50.0. The molecule has 0 aromatic heterocycles. The van der Waals surface area contributed by atoms with E-state index in [2.05, 4.69) is 69.4 Å². The lowest BCUT2D eigenvalue weighted by Gasteiger charge is -2.18. The highest BCUT2D eigenvalue weighted by atomic mass is 16.6. The molecule has 0 saturated heterocycles. The van der Waals surface area contributed by atoms with E-state index in [0.29, 0.717) is 19.3 Å². The van der Waals surface area contributed by atoms with Gasteiger partial charge in [0.1, 0.15) is 13.2 Å². The summed E-state index contributed by atoms with van der Waals surface area (Å²) in [5.41, 5.74) is 0. The van der Waals surface area contributed by atoms with Gasteiger partial charge in [-0.05, 0) is 96.3 Å². The van der Waals surface area contributed by atoms with Gasteiger partial charge in [0.15, 0.2) is 6.10 Å². The van der Waals surface area contributed by atoms with E-state index in [-0.39, 0.29) is 31.1 Å². The van der Waals surface area contributed by atoms with Gasteiger partial charge in [-0.2, -0.15) is 0 Å². The fraction of sp³-hybridized carbons (Fsp3) is 0.800. The second-order valence-corrected chi connectivity index (χ2v) is 17.4. The zero-order valence-electron chi connectivity index (χ0n) is 40.4. The van der Waals surface area contributed by atoms with Crippen LogP contribution in [0.15, 0.2) is 48.6 Å². The summed E-state index contributed by atoms with van der Waals surface area (Å²) in [5.74, 6) is -0.902. The lowest BCUT2D eigenvalue weighted by Crippen LogP contribution is -2.30. The van der Waals surface area contributed by atoms with Crippen molar-refractivity contribution in [2.75, 3.05) is 13.2 Å². The fourth-order valence-corrected chi connectivity index (χ4v) is 7.27. The Kier molecular flexibility index (Phi) is 47.9. The molecule has 0 N–H and O–H groups in total. The average molecular weight is 855 g/mol. The van der Waals surface area contributed by atoms with Gasteiger partial charge < -0.3 is 14.2 Å². The number of hydrogen-bond donors (Lipinski definition) is 0. The van der Waals surface area contributed by atoms with Crippen molar-refractivity contribution in [3.8, 4) is 0 Å². The molecule has 0 amide bonds. The molecule has 0 spiro atoms. The quantitative estimate of drug-likeness (QED) is 0.0263. The normalized spacial score (nSPS) is 12.4. The monoisotopic (exact) mass is 855 g/mol. The molecule has 0 fully saturated rings. The van der Waals surface area contributed by atoms with Gasteiger partial charge in [-0.3, -0.25) is 14.4 Å². The first kappa shape index (κ1) is 58.4. The van der Waals surface area contributed by atoms with Crippen molar-refractivity contribution in [3.05, 3.63) is 48.6 Å². The molecular formula is C55H98O6. The highest BCUT2D eigenvalue weighted by molar-refractivity contribution is 5.71. The van der Waals surface area contributed by atoms with E-state index in [9.17, 15) is 14.4 Å². The summed E-state index contributed by atoms with van der Waals surface area (Å²) < 4.78 is 16.8. The number of esters is 3. The Morgan fingerprint density at radius 2 is 0.607 bits per heavy atom. The Hall–Kier alpha value is -2.63. The maximum absolute atomic E-state index is 12.8. The predicted octanol–water partition coefficient (Wildman–Crippen LogP) is 17.1. The molecule has 0 aliphatic carbocycles. The smallest absolute Gasteiger partial charge is 0.306 e. The average Bonchev–Trinajstić information content (AvgIpc) is 3.26. The van der Waals surface area contributed by atoms with Crippen LogP contribution in [-0.4, -0.2) is 37.2 Å². The summed E-state index contributed by atoms with van der Waals surface area (Å²) in [4.78, 5) is 37.9. The van der Waals surface area contributed by atoms with Crippen LogP contribution in [0.25, 0.3) is 0 Å². The van der Waals surface area contributed by atoms with Gasteiger partial charge in [-0.25, -0.2) is 0 Å². The Morgan fingerprint density at radius 3 is 1.00 bits per heavy atom. The molecule has 6 nitrogen and oxygen atoms in total. The third kappa shape index (κ3) is 48.3. The highest BCUT2D eigenvalue weighted by Crippen LogP contribution is 2.14. The van der Waals surface area contributed by atoms with E-state index in [1.54, 1.807) is 0 Å². The Labute approximate surface area is 378 Å². The molecule has 0 aliphatic rings. The molecule has 0 unspecified atom stereocenters. The van der Waals surface area contributed by atoms with Crippen LogP contribution in [0.1, 0.15) is 265 Å². The Morgan fingerprint density at radius 1 is 0.328 bits per heavy atom. The maximum atomic E-state index is 12.8. The minimum absolute atomic E-state index is 0.0826. The molecule has 0 saturated carbocycles. The summed E-state index contributed by atoms with van der Waals surface area (Å²) in [6.07, 6.45) is 59.5. The number of hydrogen-bond acceptors (Lipinski definition) is 6. The van der Waals surface area contributed by atoms with Gasteiger partial charge in [0.2, 0.25) is 0 Å². The van der Waals surface area contributed by atoms with Crippen molar-refractivity contribution in [2.45, 2.75) is 271 Å². The first-order chi connectivity index (χ1) is 30.0. The maximum Gasteiger partial charge on any atom is 0.306 e. The number of carbonyl (C=O) groups is 3. The lowest BCUT2D eigenvalue weighted by atomic mass is 10.1. The summed E-state index contributed by atoms with van der Waals surface area (Å²) in [6, 6.07) is 0. The largest absolute Gasteiger partial charge is 0.462 e. The summed E-state index contributed by atoms with van der Waals surface area (Å²) in [6.45, 7) is 6.56. The van der Waals surface area contributed by atoms with Crippen LogP contribution < -0.4 is 0 Å². The standard InChI is InChI=1S/C55H98O6/c1-4-7-10-13-16-19-22-24-26-27-29-31-34-36-39-42-45-48-54(57)60-51-52(61-55(58)49-46-43-40-37-32-21-18-15-12-9-6-3)50-59-53(56)47-44-41-38-35-33-30-28-25-23-20-17-14-11-8-5-2/h15-16,18-19,24-26,28,52H,4-14,17,20-23,27,29-51H2,1-3H3/b18-15-,19-16-,26-24-,28-25-/t52-/m0/s1. The van der Waals surface area contributed by atoms with E-state index in [4.69, 9.17) is 14.2 Å². The fourth-order valence-electron chi connectivity index (χ4n) is 7.27. The summed E-state index contributed by atoms with van der Waals surface area (Å²) in [7, 11) is 0. The van der Waals surface area contributed by atoms with Crippen molar-refractivity contribution in [3.63, 3.8) is 0 Å². The van der Waals surface area contributed by atoms with E-state index < -0.39 is 6.10 Å². The SMILES string of the molecule is CCCC/C=C\CCCCCCCC(=O)O[C@@H](COC(=O)CCCCCCC/C=C\CCCCCCCC)COC(=O)CCCCCCCCC/C=C\C/C=C\CCCCC. The van der Waals surface area contributed by atoms with Crippen LogP contribution in [0.4, 0.5) is 0 Å². The van der Waals surface area contributed by atoms with Crippen LogP contribution in [0.5, 0.6) is 0 Å². The van der Waals surface area contributed by atoms with Crippen molar-refractivity contribution < 1.29 is 28.6 Å². The van der Waals surface area contributed by atoms with Gasteiger partial charge in [0.25, 0.3) is 0 Å². The first-order valence-electron chi connectivity index (χ1n) is 26.1. The third-order valence-electron chi connectivity index (χ3n) is 11.3. The van der Waals surface area contributed by atoms with Crippen molar-refractivity contribution in [1.82, 2.24) is 0 Å². The molecule has 1 atom stereocenters. The molecule has 354 valence electrons. The number of carbonyl (C=O) groups excluding carboxylic acids is 3. The number of unbranched alkanes of at least 4 members (excludes halogenated alkanes) is 28.